The molecule has 0 spiro atoms. The van der Waals surface area contributed by atoms with E-state index in [2.05, 4.69) is 27.8 Å². The van der Waals surface area contributed by atoms with Gasteiger partial charge >= 0.3 is 6.18 Å². The van der Waals surface area contributed by atoms with E-state index in [1.54, 1.807) is 0 Å². The Kier molecular flexibility index (Phi) is 3.96. The largest absolute Gasteiger partial charge is 0.416 e. The standard InChI is InChI=1S/C10H8BrF4N/c1-6(11)5-16-9-4-7(10(13,14)15)2-3-8(9)12/h2-4,16H,1,5H2. The number of rotatable bonds is 3. The molecule has 0 unspecified atom stereocenters. The maximum Gasteiger partial charge on any atom is 0.416 e. The van der Waals surface area contributed by atoms with Crippen LogP contribution in [0.4, 0.5) is 23.2 Å². The summed E-state index contributed by atoms with van der Waals surface area (Å²) in [6.45, 7) is 3.63. The third-order valence-electron chi connectivity index (χ3n) is 1.76. The molecule has 0 saturated carbocycles. The molecule has 6 heteroatoms. The van der Waals surface area contributed by atoms with Crippen molar-refractivity contribution in [2.45, 2.75) is 6.18 Å². The second kappa shape index (κ2) is 4.86. The van der Waals surface area contributed by atoms with Crippen LogP contribution in [0.5, 0.6) is 0 Å². The Hall–Kier alpha value is -1.04. The molecule has 0 aromatic heterocycles. The molecular formula is C10H8BrF4N. The molecule has 1 aromatic carbocycles. The lowest BCUT2D eigenvalue weighted by atomic mass is 10.2. The van der Waals surface area contributed by atoms with E-state index in [1.165, 1.54) is 0 Å². The number of nitrogens with one attached hydrogen (secondary N) is 1. The van der Waals surface area contributed by atoms with Crippen LogP contribution in [-0.2, 0) is 6.18 Å². The van der Waals surface area contributed by atoms with Crippen LogP contribution in [0.1, 0.15) is 5.56 Å². The average Bonchev–Trinajstić information content (AvgIpc) is 2.14. The van der Waals surface area contributed by atoms with Crippen molar-refractivity contribution in [3.63, 3.8) is 0 Å². The summed E-state index contributed by atoms with van der Waals surface area (Å²) in [4.78, 5) is 0. The maximum atomic E-state index is 13.1. The van der Waals surface area contributed by atoms with Gasteiger partial charge in [-0.3, -0.25) is 0 Å². The first kappa shape index (κ1) is 13.0. The first-order valence-electron chi connectivity index (χ1n) is 4.24. The van der Waals surface area contributed by atoms with Gasteiger partial charge in [-0.05, 0) is 18.2 Å². The summed E-state index contributed by atoms with van der Waals surface area (Å²) in [5, 5.41) is 2.50. The van der Waals surface area contributed by atoms with Crippen LogP contribution in [0, 0.1) is 5.82 Å². The zero-order valence-corrected chi connectivity index (χ0v) is 9.62. The van der Waals surface area contributed by atoms with Gasteiger partial charge in [0.25, 0.3) is 0 Å². The molecule has 1 nitrogen and oxygen atoms in total. The van der Waals surface area contributed by atoms with E-state index >= 15 is 0 Å². The van der Waals surface area contributed by atoms with Gasteiger partial charge in [0.05, 0.1) is 11.3 Å². The van der Waals surface area contributed by atoms with Crippen LogP contribution in [0.25, 0.3) is 0 Å². The zero-order chi connectivity index (χ0) is 12.3. The molecular weight excluding hydrogens is 290 g/mol. The minimum Gasteiger partial charge on any atom is -0.378 e. The molecule has 16 heavy (non-hydrogen) atoms. The van der Waals surface area contributed by atoms with E-state index in [1.807, 2.05) is 0 Å². The molecule has 88 valence electrons. The molecule has 1 aromatic rings. The zero-order valence-electron chi connectivity index (χ0n) is 8.04. The molecule has 0 atom stereocenters. The second-order valence-corrected chi connectivity index (χ2v) is 4.18. The highest BCUT2D eigenvalue weighted by Crippen LogP contribution is 2.31. The highest BCUT2D eigenvalue weighted by atomic mass is 79.9. The minimum absolute atomic E-state index is 0.151. The normalized spacial score (nSPS) is 11.3. The van der Waals surface area contributed by atoms with Crippen molar-refractivity contribution in [2.75, 3.05) is 11.9 Å². The number of halogens is 5. The van der Waals surface area contributed by atoms with Crippen LogP contribution >= 0.6 is 15.9 Å². The van der Waals surface area contributed by atoms with E-state index in [9.17, 15) is 17.6 Å². The first-order valence-corrected chi connectivity index (χ1v) is 5.04. The summed E-state index contributed by atoms with van der Waals surface area (Å²) in [5.74, 6) is -0.734. The van der Waals surface area contributed by atoms with Gasteiger partial charge in [0.2, 0.25) is 0 Å². The summed E-state index contributed by atoms with van der Waals surface area (Å²) in [7, 11) is 0. The fourth-order valence-electron chi connectivity index (χ4n) is 1.03. The molecule has 1 rings (SSSR count). The summed E-state index contributed by atoms with van der Waals surface area (Å²) in [5.41, 5.74) is -1.09. The van der Waals surface area contributed by atoms with Gasteiger partial charge in [-0.1, -0.05) is 22.5 Å². The first-order chi connectivity index (χ1) is 7.30. The van der Waals surface area contributed by atoms with Gasteiger partial charge in [-0.25, -0.2) is 4.39 Å². The molecule has 0 aliphatic carbocycles. The van der Waals surface area contributed by atoms with Crippen molar-refractivity contribution in [2.24, 2.45) is 0 Å². The predicted octanol–water partition coefficient (Wildman–Crippen LogP) is 4.17. The van der Waals surface area contributed by atoms with Crippen LogP contribution in [0.15, 0.2) is 29.3 Å². The van der Waals surface area contributed by atoms with Gasteiger partial charge in [0, 0.05) is 11.0 Å². The molecule has 0 radical (unpaired) electrons. The fourth-order valence-corrected chi connectivity index (χ4v) is 1.17. The topological polar surface area (TPSA) is 12.0 Å². The van der Waals surface area contributed by atoms with Crippen molar-refractivity contribution in [1.29, 1.82) is 0 Å². The Bertz CT molecular complexity index is 400. The van der Waals surface area contributed by atoms with Crippen LogP contribution in [-0.4, -0.2) is 6.54 Å². The molecule has 0 fully saturated rings. The Morgan fingerprint density at radius 2 is 2.00 bits per heavy atom. The van der Waals surface area contributed by atoms with E-state index < -0.39 is 17.6 Å². The number of hydrogen-bond acceptors (Lipinski definition) is 1. The van der Waals surface area contributed by atoms with Crippen LogP contribution in [0.2, 0.25) is 0 Å². The Labute approximate surface area is 98.3 Å². The fraction of sp³-hybridized carbons (Fsp3) is 0.200. The van der Waals surface area contributed by atoms with Crippen LogP contribution < -0.4 is 5.32 Å². The number of benzene rings is 1. The molecule has 1 N–H and O–H groups in total. The van der Waals surface area contributed by atoms with E-state index in [4.69, 9.17) is 0 Å². The van der Waals surface area contributed by atoms with E-state index in [0.717, 1.165) is 12.1 Å². The second-order valence-electron chi connectivity index (χ2n) is 3.06. The quantitative estimate of drug-likeness (QED) is 0.826. The lowest BCUT2D eigenvalue weighted by molar-refractivity contribution is -0.137. The number of hydrogen-bond donors (Lipinski definition) is 1. The predicted molar refractivity (Wildman–Crippen MR) is 58.0 cm³/mol. The van der Waals surface area contributed by atoms with Gasteiger partial charge in [0.15, 0.2) is 0 Å². The number of anilines is 1. The SMILES string of the molecule is C=C(Br)CNc1cc(C(F)(F)F)ccc1F. The van der Waals surface area contributed by atoms with Crippen molar-refractivity contribution in [3.8, 4) is 0 Å². The Morgan fingerprint density at radius 3 is 2.50 bits per heavy atom. The highest BCUT2D eigenvalue weighted by molar-refractivity contribution is 9.11. The highest BCUT2D eigenvalue weighted by Gasteiger charge is 2.31. The maximum absolute atomic E-state index is 13.1. The van der Waals surface area contributed by atoms with Crippen molar-refractivity contribution in [3.05, 3.63) is 40.6 Å². The Morgan fingerprint density at radius 1 is 1.38 bits per heavy atom. The molecule has 0 heterocycles. The van der Waals surface area contributed by atoms with Crippen molar-refractivity contribution < 1.29 is 17.6 Å². The average molecular weight is 298 g/mol. The molecule has 0 aliphatic heterocycles. The Balaban J connectivity index is 2.95. The molecule has 0 saturated heterocycles. The van der Waals surface area contributed by atoms with Crippen molar-refractivity contribution in [1.82, 2.24) is 0 Å². The molecule has 0 bridgehead atoms. The van der Waals surface area contributed by atoms with E-state index in [-0.39, 0.29) is 12.2 Å². The smallest absolute Gasteiger partial charge is 0.378 e. The lowest BCUT2D eigenvalue weighted by Crippen LogP contribution is -2.08. The number of alkyl halides is 3. The third kappa shape index (κ3) is 3.52. The van der Waals surface area contributed by atoms with Crippen molar-refractivity contribution >= 4 is 21.6 Å². The monoisotopic (exact) mass is 297 g/mol. The van der Waals surface area contributed by atoms with Gasteiger partial charge in [-0.2, -0.15) is 13.2 Å². The summed E-state index contributed by atoms with van der Waals surface area (Å²) in [6, 6.07) is 2.21. The van der Waals surface area contributed by atoms with E-state index in [0.29, 0.717) is 10.5 Å². The third-order valence-corrected chi connectivity index (χ3v) is 2.04. The minimum atomic E-state index is -4.48. The summed E-state index contributed by atoms with van der Waals surface area (Å²) < 4.78 is 50.6. The molecule has 0 amide bonds. The summed E-state index contributed by atoms with van der Waals surface area (Å²) >= 11 is 3.01. The van der Waals surface area contributed by atoms with Gasteiger partial charge in [-0.15, -0.1) is 0 Å². The van der Waals surface area contributed by atoms with Gasteiger partial charge in [0.1, 0.15) is 5.82 Å². The lowest BCUT2D eigenvalue weighted by Gasteiger charge is -2.11. The summed E-state index contributed by atoms with van der Waals surface area (Å²) in [6.07, 6.45) is -4.48. The molecule has 0 aliphatic rings. The van der Waals surface area contributed by atoms with Crippen LogP contribution in [0.3, 0.4) is 0 Å². The van der Waals surface area contributed by atoms with Gasteiger partial charge < -0.3 is 5.32 Å².